The number of carboxylic acids is 1. The molecule has 68 heavy (non-hydrogen) atoms. The van der Waals surface area contributed by atoms with Crippen molar-refractivity contribution >= 4 is 47.1 Å². The lowest BCUT2D eigenvalue weighted by molar-refractivity contribution is -0.142. The van der Waals surface area contributed by atoms with Crippen LogP contribution in [0.4, 0.5) is 18.9 Å². The van der Waals surface area contributed by atoms with Gasteiger partial charge in [-0.1, -0.05) is 115 Å². The maximum Gasteiger partial charge on any atom is 0.416 e. The Bertz CT molecular complexity index is 2530. The Kier molecular flexibility index (Phi) is 17.2. The first-order valence-corrected chi connectivity index (χ1v) is 22.0. The molecule has 2 aliphatic rings. The highest BCUT2D eigenvalue weighted by molar-refractivity contribution is 5.97. The molecule has 0 unspecified atom stereocenters. The van der Waals surface area contributed by atoms with Gasteiger partial charge in [-0.05, 0) is 64.9 Å². The molecule has 2 aliphatic heterocycles. The minimum absolute atomic E-state index is 0.0469. The lowest BCUT2D eigenvalue weighted by Gasteiger charge is -2.27. The zero-order chi connectivity index (χ0) is 48.6. The van der Waals surface area contributed by atoms with E-state index in [9.17, 15) is 51.8 Å². The van der Waals surface area contributed by atoms with E-state index in [0.29, 0.717) is 28.8 Å². The monoisotopic (exact) mass is 932 g/mol. The summed E-state index contributed by atoms with van der Waals surface area (Å²) < 4.78 is 40.7. The second-order valence-corrected chi connectivity index (χ2v) is 16.5. The van der Waals surface area contributed by atoms with E-state index in [1.54, 1.807) is 97.1 Å². The fourth-order valence-corrected chi connectivity index (χ4v) is 7.58. The number of carbonyl (C=O) groups excluding carboxylic acids is 6. The molecule has 0 aromatic heterocycles. The number of carboxylic acid groups (broad SMARTS) is 1. The Morgan fingerprint density at radius 2 is 1.09 bits per heavy atom. The van der Waals surface area contributed by atoms with Crippen LogP contribution in [0.1, 0.15) is 52.6 Å². The van der Waals surface area contributed by atoms with Crippen molar-refractivity contribution in [2.45, 2.75) is 87.8 Å². The summed E-state index contributed by atoms with van der Waals surface area (Å²) in [5, 5.41) is 26.1. The van der Waals surface area contributed by atoms with E-state index < -0.39 is 83.4 Å². The van der Waals surface area contributed by atoms with Crippen molar-refractivity contribution in [3.8, 4) is 0 Å². The molecule has 5 atom stereocenters. The minimum atomic E-state index is -4.65. The van der Waals surface area contributed by atoms with Crippen LogP contribution in [0.15, 0.2) is 140 Å². The number of hydrogen-bond acceptors (Lipinski definition) is 7. The number of rotatable bonds is 12. The number of carbonyl (C=O) groups is 7. The van der Waals surface area contributed by atoms with E-state index in [1.165, 1.54) is 0 Å². The number of amides is 6. The molecule has 0 spiro atoms. The molecule has 2 heterocycles. The van der Waals surface area contributed by atoms with Crippen LogP contribution >= 0.6 is 0 Å². The predicted octanol–water partition coefficient (Wildman–Crippen LogP) is 4.85. The third-order valence-electron chi connectivity index (χ3n) is 11.3. The molecule has 14 nitrogen and oxygen atoms in total. The average Bonchev–Trinajstić information content (AvgIpc) is 3.32. The van der Waals surface area contributed by atoms with Gasteiger partial charge in [-0.2, -0.15) is 13.2 Å². The van der Waals surface area contributed by atoms with Crippen molar-refractivity contribution in [1.82, 2.24) is 26.6 Å². The largest absolute Gasteiger partial charge is 0.480 e. The number of aryl methyl sites for hydroxylation is 1. The van der Waals surface area contributed by atoms with Crippen LogP contribution in [0, 0.1) is 0 Å². The van der Waals surface area contributed by atoms with Crippen LogP contribution in [0.2, 0.25) is 0 Å². The Hall–Kier alpha value is -7.82. The lowest BCUT2D eigenvalue weighted by Crippen LogP contribution is -2.60. The molecule has 6 amide bonds. The van der Waals surface area contributed by atoms with Crippen molar-refractivity contribution < 1.29 is 51.8 Å². The quantitative estimate of drug-likeness (QED) is 0.0858. The zero-order valence-electron chi connectivity index (χ0n) is 36.8. The van der Waals surface area contributed by atoms with Gasteiger partial charge in [0.25, 0.3) is 0 Å². The maximum atomic E-state index is 14.6. The highest BCUT2D eigenvalue weighted by Gasteiger charge is 2.34. The van der Waals surface area contributed by atoms with Crippen LogP contribution in [-0.4, -0.2) is 76.7 Å². The van der Waals surface area contributed by atoms with Gasteiger partial charge in [-0.15, -0.1) is 0 Å². The summed E-state index contributed by atoms with van der Waals surface area (Å²) in [5.74, 6) is -5.95. The third kappa shape index (κ3) is 15.1. The second-order valence-electron chi connectivity index (χ2n) is 16.5. The van der Waals surface area contributed by atoms with Crippen molar-refractivity contribution in [2.75, 3.05) is 5.32 Å². The SMILES string of the molecule is O=C1CCC(=O)N[C@H](CCc2ccccc2)C(=O)N[C@@H](Cc2ccc(C(F)(F)F)cc2)C(=O)N[C@H](Cc2ccccc2)C(=O)N[C@H](C(=O)N[C@@H](Cc2ccccc2)C(=O)O)Cc2ccc(cc2)N1. The number of aliphatic carboxylic acids is 1. The molecule has 0 radical (unpaired) electrons. The molecule has 0 saturated heterocycles. The van der Waals surface area contributed by atoms with Crippen LogP contribution in [0.5, 0.6) is 0 Å². The van der Waals surface area contributed by atoms with Crippen molar-refractivity contribution in [1.29, 1.82) is 0 Å². The number of anilines is 1. The van der Waals surface area contributed by atoms with E-state index in [1.807, 2.05) is 18.2 Å². The zero-order valence-corrected chi connectivity index (χ0v) is 36.8. The molecule has 0 saturated carbocycles. The number of nitrogens with one attached hydrogen (secondary N) is 6. The first-order chi connectivity index (χ1) is 32.6. The molecule has 7 rings (SSSR count). The summed E-state index contributed by atoms with van der Waals surface area (Å²) in [6.07, 6.45) is -5.64. The normalized spacial score (nSPS) is 19.2. The van der Waals surface area contributed by atoms with Gasteiger partial charge >= 0.3 is 12.1 Å². The molecule has 5 aromatic rings. The fourth-order valence-electron chi connectivity index (χ4n) is 7.58. The van der Waals surface area contributed by atoms with Crippen LogP contribution in [0.3, 0.4) is 0 Å². The van der Waals surface area contributed by atoms with Crippen molar-refractivity contribution in [3.63, 3.8) is 0 Å². The van der Waals surface area contributed by atoms with E-state index in [0.717, 1.165) is 29.8 Å². The van der Waals surface area contributed by atoms with Crippen LogP contribution in [0.25, 0.3) is 0 Å². The first-order valence-electron chi connectivity index (χ1n) is 22.0. The van der Waals surface area contributed by atoms with Crippen molar-refractivity contribution in [3.05, 3.63) is 173 Å². The molecule has 5 aromatic carbocycles. The number of fused-ring (bicyclic) bond motifs is 18. The summed E-state index contributed by atoms with van der Waals surface area (Å²) in [6, 6.07) is 29.5. The summed E-state index contributed by atoms with van der Waals surface area (Å²) in [6.45, 7) is 0. The standard InChI is InChI=1S/C51H51F3N6O8/c52-51(53,54)37-21-16-35(17-22-37)29-41-48(65)58-40(28-33-12-6-2-7-13-33)47(64)59-42(49(66)60-43(50(67)68)31-34-14-8-3-9-15-34)30-36-18-23-38(24-19-36)55-44(61)26-27-45(62)56-39(46(63)57-41)25-20-32-10-4-1-5-11-32/h1-19,21-24,39-43H,20,25-31H2,(H,55,61)(H,56,62)(H,57,63)(H,58,65)(H,59,64)(H,60,66)(H,67,68)/t39-,40-,41+,42+,43+/m1/s1. The summed E-state index contributed by atoms with van der Waals surface area (Å²) >= 11 is 0. The van der Waals surface area contributed by atoms with Crippen LogP contribution in [-0.2, 0) is 71.8 Å². The maximum absolute atomic E-state index is 14.6. The molecular formula is C51H51F3N6O8. The topological polar surface area (TPSA) is 212 Å². The summed E-state index contributed by atoms with van der Waals surface area (Å²) in [5.41, 5.74) is 2.16. The van der Waals surface area contributed by atoms with Gasteiger partial charge in [0.05, 0.1) is 5.56 Å². The molecule has 354 valence electrons. The molecule has 0 aliphatic carbocycles. The highest BCUT2D eigenvalue weighted by Crippen LogP contribution is 2.29. The van der Waals surface area contributed by atoms with E-state index in [4.69, 9.17) is 0 Å². The Morgan fingerprint density at radius 1 is 0.588 bits per heavy atom. The second kappa shape index (κ2) is 23.6. The summed E-state index contributed by atoms with van der Waals surface area (Å²) in [7, 11) is 0. The number of hydrogen-bond donors (Lipinski definition) is 7. The molecule has 17 heteroatoms. The number of halogens is 3. The van der Waals surface area contributed by atoms with Gasteiger partial charge in [-0.25, -0.2) is 4.79 Å². The van der Waals surface area contributed by atoms with Crippen molar-refractivity contribution in [2.24, 2.45) is 0 Å². The predicted molar refractivity (Wildman–Crippen MR) is 246 cm³/mol. The van der Waals surface area contributed by atoms with E-state index in [2.05, 4.69) is 31.9 Å². The van der Waals surface area contributed by atoms with Gasteiger partial charge in [0.2, 0.25) is 35.4 Å². The Labute approximate surface area is 390 Å². The Morgan fingerprint density at radius 3 is 1.65 bits per heavy atom. The van der Waals surface area contributed by atoms with E-state index in [-0.39, 0.29) is 50.5 Å². The molecule has 7 N–H and O–H groups in total. The summed E-state index contributed by atoms with van der Waals surface area (Å²) in [4.78, 5) is 96.4. The molecule has 2 bridgehead atoms. The smallest absolute Gasteiger partial charge is 0.416 e. The fraction of sp³-hybridized carbons (Fsp3) is 0.275. The minimum Gasteiger partial charge on any atom is -0.480 e. The number of benzene rings is 5. The van der Waals surface area contributed by atoms with Crippen LogP contribution < -0.4 is 31.9 Å². The van der Waals surface area contributed by atoms with Gasteiger partial charge < -0.3 is 37.0 Å². The number of alkyl halides is 3. The third-order valence-corrected chi connectivity index (χ3v) is 11.3. The van der Waals surface area contributed by atoms with Gasteiger partial charge in [-0.3, -0.25) is 28.8 Å². The van der Waals surface area contributed by atoms with Gasteiger partial charge in [0.1, 0.15) is 30.2 Å². The lowest BCUT2D eigenvalue weighted by atomic mass is 9.99. The highest BCUT2D eigenvalue weighted by atomic mass is 19.4. The van der Waals surface area contributed by atoms with Gasteiger partial charge in [0.15, 0.2) is 0 Å². The van der Waals surface area contributed by atoms with Gasteiger partial charge in [0, 0.05) is 44.2 Å². The molecule has 0 fully saturated rings. The Balaban J connectivity index is 1.37. The molecular weight excluding hydrogens is 882 g/mol. The average molecular weight is 933 g/mol. The first kappa shape index (κ1) is 49.6. The van der Waals surface area contributed by atoms with E-state index >= 15 is 0 Å².